The first-order valence-electron chi connectivity index (χ1n) is 8.18. The average molecular weight is 321 g/mol. The van der Waals surface area contributed by atoms with Crippen LogP contribution in [0.25, 0.3) is 0 Å². The summed E-state index contributed by atoms with van der Waals surface area (Å²) in [6.45, 7) is 2.03. The highest BCUT2D eigenvalue weighted by atomic mass is 16.6. The quantitative estimate of drug-likeness (QED) is 0.831. The van der Waals surface area contributed by atoms with Crippen LogP contribution < -0.4 is 14.8 Å². The van der Waals surface area contributed by atoms with Crippen LogP contribution in [0.15, 0.2) is 18.2 Å². The summed E-state index contributed by atoms with van der Waals surface area (Å²) in [4.78, 5) is 11.8. The third-order valence-electron chi connectivity index (χ3n) is 4.16. The minimum atomic E-state index is -0.766. The highest BCUT2D eigenvalue weighted by molar-refractivity contribution is 5.75. The van der Waals surface area contributed by atoms with E-state index in [1.807, 2.05) is 0 Å². The second-order valence-electron chi connectivity index (χ2n) is 5.90. The van der Waals surface area contributed by atoms with E-state index in [4.69, 9.17) is 14.2 Å². The molecule has 0 aromatic heterocycles. The number of hydrogen-bond acceptors (Lipinski definition) is 5. The van der Waals surface area contributed by atoms with Gasteiger partial charge in [0.2, 0.25) is 5.91 Å². The van der Waals surface area contributed by atoms with Crippen molar-refractivity contribution in [3.8, 4) is 11.5 Å². The Morgan fingerprint density at radius 1 is 1.26 bits per heavy atom. The van der Waals surface area contributed by atoms with Crippen LogP contribution in [0.2, 0.25) is 0 Å². The summed E-state index contributed by atoms with van der Waals surface area (Å²) < 4.78 is 16.4. The zero-order chi connectivity index (χ0) is 16.1. The first-order chi connectivity index (χ1) is 11.2. The number of carbonyl (C=O) groups excluding carboxylic acids is 1. The molecule has 23 heavy (non-hydrogen) atoms. The summed E-state index contributed by atoms with van der Waals surface area (Å²) in [5.74, 6) is 1.27. The second-order valence-corrected chi connectivity index (χ2v) is 5.90. The van der Waals surface area contributed by atoms with Crippen molar-refractivity contribution in [1.82, 2.24) is 5.32 Å². The third kappa shape index (κ3) is 4.36. The molecule has 1 fully saturated rings. The van der Waals surface area contributed by atoms with Gasteiger partial charge in [0.25, 0.3) is 0 Å². The van der Waals surface area contributed by atoms with Crippen molar-refractivity contribution < 1.29 is 24.1 Å². The zero-order valence-electron chi connectivity index (χ0n) is 13.1. The van der Waals surface area contributed by atoms with Gasteiger partial charge in [-0.1, -0.05) is 6.07 Å². The van der Waals surface area contributed by atoms with E-state index in [-0.39, 0.29) is 18.6 Å². The lowest BCUT2D eigenvalue weighted by atomic mass is 10.1. The van der Waals surface area contributed by atoms with Crippen molar-refractivity contribution in [3.05, 3.63) is 23.8 Å². The van der Waals surface area contributed by atoms with E-state index in [0.29, 0.717) is 36.7 Å². The van der Waals surface area contributed by atoms with Crippen molar-refractivity contribution in [3.63, 3.8) is 0 Å². The van der Waals surface area contributed by atoms with Gasteiger partial charge >= 0.3 is 0 Å². The summed E-state index contributed by atoms with van der Waals surface area (Å²) in [6, 6.07) is 5.33. The molecule has 1 aromatic rings. The van der Waals surface area contributed by atoms with E-state index in [2.05, 4.69) is 5.32 Å². The summed E-state index contributed by atoms with van der Waals surface area (Å²) in [5.41, 5.74) is 0.702. The maximum absolute atomic E-state index is 11.8. The average Bonchev–Trinajstić information content (AvgIpc) is 3.11. The zero-order valence-corrected chi connectivity index (χ0v) is 13.1. The Labute approximate surface area is 135 Å². The maximum Gasteiger partial charge on any atom is 0.220 e. The van der Waals surface area contributed by atoms with Crippen LogP contribution >= 0.6 is 0 Å². The molecule has 0 aliphatic carbocycles. The predicted octanol–water partition coefficient (Wildman–Crippen LogP) is 1.57. The van der Waals surface area contributed by atoms with Crippen LogP contribution in [0.5, 0.6) is 11.5 Å². The van der Waals surface area contributed by atoms with Gasteiger partial charge < -0.3 is 24.6 Å². The number of aliphatic hydroxyl groups excluding tert-OH is 1. The lowest BCUT2D eigenvalue weighted by molar-refractivity contribution is -0.122. The highest BCUT2D eigenvalue weighted by Crippen LogP contribution is 2.32. The summed E-state index contributed by atoms with van der Waals surface area (Å²) in [5, 5.41) is 13.0. The largest absolute Gasteiger partial charge is 0.486 e. The van der Waals surface area contributed by atoms with E-state index in [1.165, 1.54) is 0 Å². The fraction of sp³-hybridized carbons (Fsp3) is 0.588. The van der Waals surface area contributed by atoms with Gasteiger partial charge in [0.1, 0.15) is 13.2 Å². The molecule has 1 aromatic carbocycles. The van der Waals surface area contributed by atoms with Crippen molar-refractivity contribution in [1.29, 1.82) is 0 Å². The first kappa shape index (κ1) is 16.1. The van der Waals surface area contributed by atoms with Crippen molar-refractivity contribution in [2.75, 3.05) is 26.4 Å². The maximum atomic E-state index is 11.8. The van der Waals surface area contributed by atoms with Gasteiger partial charge in [-0.25, -0.2) is 0 Å². The van der Waals surface area contributed by atoms with Gasteiger partial charge in [-0.15, -0.1) is 0 Å². The normalized spacial score (nSPS) is 21.0. The monoisotopic (exact) mass is 321 g/mol. The number of benzene rings is 1. The number of aliphatic hydroxyl groups is 1. The molecular formula is C17H23NO5. The van der Waals surface area contributed by atoms with Gasteiger partial charge in [0.15, 0.2) is 11.5 Å². The van der Waals surface area contributed by atoms with E-state index >= 15 is 0 Å². The van der Waals surface area contributed by atoms with Crippen molar-refractivity contribution in [2.45, 2.75) is 37.9 Å². The Balaban J connectivity index is 1.45. The van der Waals surface area contributed by atoms with Gasteiger partial charge in [0.05, 0.1) is 12.2 Å². The molecule has 0 spiro atoms. The van der Waals surface area contributed by atoms with E-state index < -0.39 is 6.10 Å². The van der Waals surface area contributed by atoms with Crippen LogP contribution in [0.4, 0.5) is 0 Å². The molecule has 2 N–H and O–H groups in total. The number of hydrogen-bond donors (Lipinski definition) is 2. The third-order valence-corrected chi connectivity index (χ3v) is 4.16. The van der Waals surface area contributed by atoms with E-state index in [0.717, 1.165) is 25.9 Å². The van der Waals surface area contributed by atoms with Crippen molar-refractivity contribution in [2.24, 2.45) is 0 Å². The molecule has 0 radical (unpaired) electrons. The fourth-order valence-corrected chi connectivity index (χ4v) is 2.85. The molecule has 2 heterocycles. The second kappa shape index (κ2) is 7.66. The number of ether oxygens (including phenoxy) is 3. The molecule has 0 bridgehead atoms. The molecule has 6 nitrogen and oxygen atoms in total. The van der Waals surface area contributed by atoms with Crippen LogP contribution in [0.3, 0.4) is 0 Å². The van der Waals surface area contributed by atoms with Gasteiger partial charge in [-0.05, 0) is 37.0 Å². The molecule has 1 saturated heterocycles. The lowest BCUT2D eigenvalue weighted by Gasteiger charge is -2.20. The molecule has 0 saturated carbocycles. The molecule has 3 rings (SSSR count). The van der Waals surface area contributed by atoms with Crippen LogP contribution in [-0.4, -0.2) is 43.5 Å². The van der Waals surface area contributed by atoms with E-state index in [9.17, 15) is 9.90 Å². The topological polar surface area (TPSA) is 77.0 Å². The minimum Gasteiger partial charge on any atom is -0.486 e. The summed E-state index contributed by atoms with van der Waals surface area (Å²) in [7, 11) is 0. The Kier molecular flexibility index (Phi) is 5.35. The smallest absolute Gasteiger partial charge is 0.220 e. The molecular weight excluding hydrogens is 298 g/mol. The number of rotatable bonds is 6. The van der Waals surface area contributed by atoms with E-state index in [1.54, 1.807) is 18.2 Å². The lowest BCUT2D eigenvalue weighted by Crippen LogP contribution is -2.29. The standard InChI is InChI=1S/C17H23NO5/c19-14(11-18-17(20)6-4-13-2-1-7-21-13)12-3-5-15-16(10-12)23-9-8-22-15/h3,5,10,13-14,19H,1-2,4,6-9,11H2,(H,18,20)/t13-,14+/m1/s1. The van der Waals surface area contributed by atoms with Crippen LogP contribution in [0.1, 0.15) is 37.4 Å². The highest BCUT2D eigenvalue weighted by Gasteiger charge is 2.18. The van der Waals surface area contributed by atoms with Gasteiger partial charge in [-0.3, -0.25) is 4.79 Å². The number of nitrogens with one attached hydrogen (secondary N) is 1. The Morgan fingerprint density at radius 2 is 2.09 bits per heavy atom. The molecule has 6 heteroatoms. The fourth-order valence-electron chi connectivity index (χ4n) is 2.85. The molecule has 2 aliphatic heterocycles. The van der Waals surface area contributed by atoms with Crippen LogP contribution in [0, 0.1) is 0 Å². The molecule has 126 valence electrons. The molecule has 0 unspecified atom stereocenters. The Morgan fingerprint density at radius 3 is 2.87 bits per heavy atom. The Hall–Kier alpha value is -1.79. The number of fused-ring (bicyclic) bond motifs is 1. The summed E-state index contributed by atoms with van der Waals surface area (Å²) in [6.07, 6.45) is 2.73. The van der Waals surface area contributed by atoms with Crippen molar-refractivity contribution >= 4 is 5.91 Å². The SMILES string of the molecule is O=C(CC[C@H]1CCCO1)NC[C@H](O)c1ccc2c(c1)OCCO2. The minimum absolute atomic E-state index is 0.0582. The van der Waals surface area contributed by atoms with Gasteiger partial charge in [-0.2, -0.15) is 0 Å². The number of amides is 1. The molecule has 2 aliphatic rings. The van der Waals surface area contributed by atoms with Gasteiger partial charge in [0, 0.05) is 19.6 Å². The first-order valence-corrected chi connectivity index (χ1v) is 8.18. The molecule has 1 amide bonds. The summed E-state index contributed by atoms with van der Waals surface area (Å²) >= 11 is 0. The van der Waals surface area contributed by atoms with Crippen LogP contribution in [-0.2, 0) is 9.53 Å². The Bertz CT molecular complexity index is 542. The molecule has 2 atom stereocenters. The number of carbonyl (C=O) groups is 1. The predicted molar refractivity (Wildman–Crippen MR) is 83.6 cm³/mol.